The molecular formula is C29H46N4O4. The highest BCUT2D eigenvalue weighted by Gasteiger charge is 2.43. The number of nitrogens with zero attached hydrogens (tertiary/aromatic N) is 4. The first kappa shape index (κ1) is 27.9. The molecule has 37 heavy (non-hydrogen) atoms. The molecule has 3 fully saturated rings. The summed E-state index contributed by atoms with van der Waals surface area (Å²) in [5.74, 6) is 0.0690. The number of aliphatic hydroxyl groups is 1. The van der Waals surface area contributed by atoms with E-state index in [9.17, 15) is 14.7 Å². The average molecular weight is 515 g/mol. The van der Waals surface area contributed by atoms with Gasteiger partial charge in [-0.05, 0) is 72.0 Å². The van der Waals surface area contributed by atoms with Gasteiger partial charge in [0.15, 0.2) is 0 Å². The molecule has 2 heterocycles. The van der Waals surface area contributed by atoms with Gasteiger partial charge in [-0.2, -0.15) is 0 Å². The van der Waals surface area contributed by atoms with E-state index in [1.807, 2.05) is 34.6 Å². The van der Waals surface area contributed by atoms with Gasteiger partial charge in [-0.1, -0.05) is 30.3 Å². The second-order valence-electron chi connectivity index (χ2n) is 12.1. The van der Waals surface area contributed by atoms with Crippen molar-refractivity contribution in [2.24, 2.45) is 5.41 Å². The highest BCUT2D eigenvalue weighted by atomic mass is 16.5. The lowest BCUT2D eigenvalue weighted by Gasteiger charge is -2.44. The summed E-state index contributed by atoms with van der Waals surface area (Å²) >= 11 is 0. The Labute approximate surface area is 222 Å². The quantitative estimate of drug-likeness (QED) is 0.605. The summed E-state index contributed by atoms with van der Waals surface area (Å²) in [5.41, 5.74) is -0.469. The molecule has 3 aliphatic rings. The van der Waals surface area contributed by atoms with Crippen molar-refractivity contribution in [1.82, 2.24) is 19.6 Å². The van der Waals surface area contributed by atoms with Gasteiger partial charge in [-0.25, -0.2) is 4.79 Å². The molecular weight excluding hydrogens is 468 g/mol. The topological polar surface area (TPSA) is 76.6 Å². The largest absolute Gasteiger partial charge is 0.388 e. The Morgan fingerprint density at radius 1 is 0.973 bits per heavy atom. The van der Waals surface area contributed by atoms with E-state index in [1.54, 1.807) is 0 Å². The van der Waals surface area contributed by atoms with Crippen molar-refractivity contribution in [2.45, 2.75) is 63.5 Å². The highest BCUT2D eigenvalue weighted by Crippen LogP contribution is 2.38. The number of urea groups is 1. The molecule has 1 atom stereocenters. The number of hydrogen-bond donors (Lipinski definition) is 1. The van der Waals surface area contributed by atoms with E-state index in [2.05, 4.69) is 43.3 Å². The molecule has 0 radical (unpaired) electrons. The Morgan fingerprint density at radius 3 is 2.24 bits per heavy atom. The van der Waals surface area contributed by atoms with Crippen LogP contribution in [0.5, 0.6) is 0 Å². The van der Waals surface area contributed by atoms with Crippen molar-refractivity contribution >= 4 is 11.9 Å². The van der Waals surface area contributed by atoms with Gasteiger partial charge in [0.25, 0.3) is 0 Å². The van der Waals surface area contributed by atoms with Crippen LogP contribution in [0.1, 0.15) is 57.9 Å². The van der Waals surface area contributed by atoms with Gasteiger partial charge in [0.1, 0.15) is 0 Å². The predicted octanol–water partition coefficient (Wildman–Crippen LogP) is 3.15. The van der Waals surface area contributed by atoms with Crippen LogP contribution in [0.3, 0.4) is 0 Å². The van der Waals surface area contributed by atoms with Crippen LogP contribution in [0.15, 0.2) is 30.3 Å². The van der Waals surface area contributed by atoms with E-state index in [4.69, 9.17) is 4.74 Å². The summed E-state index contributed by atoms with van der Waals surface area (Å²) in [5, 5.41) is 11.1. The maximum Gasteiger partial charge on any atom is 0.320 e. The van der Waals surface area contributed by atoms with E-state index >= 15 is 0 Å². The van der Waals surface area contributed by atoms with Crippen molar-refractivity contribution in [3.05, 3.63) is 35.9 Å². The predicted molar refractivity (Wildman–Crippen MR) is 144 cm³/mol. The standard InChI is InChI=1S/C29H46N4O4/c1-27(2,25(34)31-18-20-37-21-19-31)22-32-16-9-14-29(30(3)4,24-10-6-5-7-11-24)15-17-33(26(32)35)23-28(36)12-8-13-28/h5-7,10-11,36H,8-9,12-23H2,1-4H3/t29-/m0/s1. The lowest BCUT2D eigenvalue weighted by atomic mass is 9.79. The minimum Gasteiger partial charge on any atom is -0.388 e. The number of morpholine rings is 1. The van der Waals surface area contributed by atoms with E-state index in [0.717, 1.165) is 38.5 Å². The minimum atomic E-state index is -0.804. The zero-order chi connectivity index (χ0) is 26.7. The summed E-state index contributed by atoms with van der Waals surface area (Å²) in [6.45, 7) is 8.04. The fraction of sp³-hybridized carbons (Fsp3) is 0.724. The monoisotopic (exact) mass is 514 g/mol. The normalized spacial score (nSPS) is 25.4. The van der Waals surface area contributed by atoms with Gasteiger partial charge < -0.3 is 24.5 Å². The molecule has 8 nitrogen and oxygen atoms in total. The Morgan fingerprint density at radius 2 is 1.65 bits per heavy atom. The molecule has 2 aliphatic heterocycles. The number of benzene rings is 1. The second kappa shape index (κ2) is 11.3. The summed E-state index contributed by atoms with van der Waals surface area (Å²) in [4.78, 5) is 35.4. The maximum atomic E-state index is 14.0. The molecule has 1 saturated carbocycles. The van der Waals surface area contributed by atoms with Crippen LogP contribution >= 0.6 is 0 Å². The molecule has 0 unspecified atom stereocenters. The average Bonchev–Trinajstić information content (AvgIpc) is 2.93. The van der Waals surface area contributed by atoms with Crippen LogP contribution in [-0.4, -0.2) is 109 Å². The molecule has 3 amide bonds. The van der Waals surface area contributed by atoms with Gasteiger partial charge in [0.05, 0.1) is 30.8 Å². The smallest absolute Gasteiger partial charge is 0.320 e. The number of amides is 3. The fourth-order valence-electron chi connectivity index (χ4n) is 6.27. The maximum absolute atomic E-state index is 14.0. The molecule has 8 heteroatoms. The molecule has 4 rings (SSSR count). The van der Waals surface area contributed by atoms with Crippen LogP contribution in [-0.2, 0) is 15.1 Å². The van der Waals surface area contributed by atoms with Gasteiger partial charge in [-0.3, -0.25) is 9.69 Å². The van der Waals surface area contributed by atoms with E-state index in [-0.39, 0.29) is 17.5 Å². The van der Waals surface area contributed by atoms with E-state index < -0.39 is 11.0 Å². The Kier molecular flexibility index (Phi) is 8.51. The number of hydrogen-bond acceptors (Lipinski definition) is 5. The molecule has 0 aromatic heterocycles. The third kappa shape index (κ3) is 6.13. The van der Waals surface area contributed by atoms with Crippen LogP contribution < -0.4 is 0 Å². The van der Waals surface area contributed by atoms with Gasteiger partial charge >= 0.3 is 6.03 Å². The molecule has 0 bridgehead atoms. The van der Waals surface area contributed by atoms with Crippen molar-refractivity contribution < 1.29 is 19.4 Å². The molecule has 1 N–H and O–H groups in total. The SMILES string of the molecule is CN(C)[C@@]1(c2ccccc2)CCCN(CC(C)(C)C(=O)N2CCOCC2)C(=O)N(CC2(O)CCC2)CC1. The Hall–Kier alpha value is -2.16. The van der Waals surface area contributed by atoms with E-state index in [1.165, 1.54) is 5.56 Å². The zero-order valence-electron chi connectivity index (χ0n) is 23.2. The summed E-state index contributed by atoms with van der Waals surface area (Å²) in [6.07, 6.45) is 4.98. The number of carbonyl (C=O) groups is 2. The number of rotatable bonds is 7. The second-order valence-corrected chi connectivity index (χ2v) is 12.1. The zero-order valence-corrected chi connectivity index (χ0v) is 23.2. The van der Waals surface area contributed by atoms with Crippen molar-refractivity contribution in [1.29, 1.82) is 0 Å². The van der Waals surface area contributed by atoms with Gasteiger partial charge in [0, 0.05) is 38.3 Å². The van der Waals surface area contributed by atoms with Crippen molar-refractivity contribution in [2.75, 3.05) is 66.6 Å². The van der Waals surface area contributed by atoms with Crippen molar-refractivity contribution in [3.8, 4) is 0 Å². The van der Waals surface area contributed by atoms with Crippen LogP contribution in [0.2, 0.25) is 0 Å². The Bertz CT molecular complexity index is 927. The third-order valence-corrected chi connectivity index (χ3v) is 8.75. The summed E-state index contributed by atoms with van der Waals surface area (Å²) < 4.78 is 5.43. The molecule has 1 aromatic carbocycles. The number of β-amino-alcohol motifs (C(OH)–C–C–N with tert-alkyl or cyclic N) is 1. The molecule has 1 aromatic rings. The first-order valence-electron chi connectivity index (χ1n) is 13.9. The van der Waals surface area contributed by atoms with Crippen molar-refractivity contribution in [3.63, 3.8) is 0 Å². The van der Waals surface area contributed by atoms with E-state index in [0.29, 0.717) is 52.5 Å². The highest BCUT2D eigenvalue weighted by molar-refractivity contribution is 5.83. The summed E-state index contributed by atoms with van der Waals surface area (Å²) in [7, 11) is 4.25. The van der Waals surface area contributed by atoms with Gasteiger partial charge in [-0.15, -0.1) is 0 Å². The molecule has 0 spiro atoms. The number of ether oxygens (including phenoxy) is 1. The minimum absolute atomic E-state index is 0.0641. The van der Waals surface area contributed by atoms with Gasteiger partial charge in [0.2, 0.25) is 5.91 Å². The molecule has 2 saturated heterocycles. The Balaban J connectivity index is 1.60. The molecule has 206 valence electrons. The van der Waals surface area contributed by atoms with Crippen LogP contribution in [0.25, 0.3) is 0 Å². The lowest BCUT2D eigenvalue weighted by molar-refractivity contribution is -0.145. The third-order valence-electron chi connectivity index (χ3n) is 8.75. The lowest BCUT2D eigenvalue weighted by Crippen LogP contribution is -2.56. The summed E-state index contributed by atoms with van der Waals surface area (Å²) in [6, 6.07) is 10.5. The molecule has 1 aliphatic carbocycles. The first-order chi connectivity index (χ1) is 17.6. The number of carbonyl (C=O) groups excluding carboxylic acids is 2. The first-order valence-corrected chi connectivity index (χ1v) is 13.9. The van der Waals surface area contributed by atoms with Crippen LogP contribution in [0.4, 0.5) is 4.79 Å². The fourth-order valence-corrected chi connectivity index (χ4v) is 6.27. The van der Waals surface area contributed by atoms with Crippen LogP contribution in [0, 0.1) is 5.41 Å².